The Kier molecular flexibility index (Phi) is 6.43. The third kappa shape index (κ3) is 5.09. The number of amides is 4. The topological polar surface area (TPSA) is 105 Å². The van der Waals surface area contributed by atoms with E-state index in [1.54, 1.807) is 13.8 Å². The number of hydrogen-bond acceptors (Lipinski definition) is 5. The van der Waals surface area contributed by atoms with Crippen LogP contribution in [0.5, 0.6) is 0 Å². The van der Waals surface area contributed by atoms with E-state index in [2.05, 4.69) is 10.6 Å². The number of hydrogen-bond donors (Lipinski definition) is 2. The van der Waals surface area contributed by atoms with Crippen molar-refractivity contribution in [2.24, 2.45) is 0 Å². The number of carbonyl (C=O) groups excluding carboxylic acids is 4. The molecule has 0 aromatic heterocycles. The van der Waals surface area contributed by atoms with Gasteiger partial charge in [-0.05, 0) is 52.2 Å². The monoisotopic (exact) mass is 389 g/mol. The second kappa shape index (κ2) is 8.41. The quantitative estimate of drug-likeness (QED) is 0.549. The Balaban J connectivity index is 1.75. The van der Waals surface area contributed by atoms with Crippen LogP contribution in [0.2, 0.25) is 0 Å². The predicted molar refractivity (Wildman–Crippen MR) is 104 cm³/mol. The Morgan fingerprint density at radius 2 is 1.75 bits per heavy atom. The molecule has 0 radical (unpaired) electrons. The maximum absolute atomic E-state index is 12.1. The van der Waals surface area contributed by atoms with Crippen LogP contribution in [-0.2, 0) is 19.1 Å². The summed E-state index contributed by atoms with van der Waals surface area (Å²) in [5, 5.41) is 5.34. The highest BCUT2D eigenvalue weighted by atomic mass is 16.5. The molecular weight excluding hydrogens is 362 g/mol. The maximum atomic E-state index is 12.1. The molecule has 0 bridgehead atoms. The van der Waals surface area contributed by atoms with Crippen molar-refractivity contribution in [3.05, 3.63) is 28.8 Å². The van der Waals surface area contributed by atoms with E-state index in [9.17, 15) is 19.2 Å². The molecule has 4 amide bonds. The van der Waals surface area contributed by atoms with E-state index >= 15 is 0 Å². The van der Waals surface area contributed by atoms with Gasteiger partial charge in [0.05, 0.1) is 0 Å². The zero-order valence-corrected chi connectivity index (χ0v) is 17.0. The Bertz CT molecular complexity index is 793. The molecular formula is C20H27N3O5. The van der Waals surface area contributed by atoms with Crippen molar-refractivity contribution >= 4 is 29.5 Å². The summed E-state index contributed by atoms with van der Waals surface area (Å²) in [5.74, 6) is -1.30. The molecule has 0 spiro atoms. The molecule has 1 fully saturated rings. The fourth-order valence-electron chi connectivity index (χ4n) is 3.17. The van der Waals surface area contributed by atoms with Gasteiger partial charge in [-0.2, -0.15) is 0 Å². The van der Waals surface area contributed by atoms with Gasteiger partial charge in [0.25, 0.3) is 11.8 Å². The van der Waals surface area contributed by atoms with Gasteiger partial charge in [0.15, 0.2) is 6.61 Å². The summed E-state index contributed by atoms with van der Waals surface area (Å²) in [7, 11) is 0. The molecule has 1 heterocycles. The minimum atomic E-state index is -0.929. The molecule has 8 nitrogen and oxygen atoms in total. The van der Waals surface area contributed by atoms with E-state index in [0.717, 1.165) is 21.6 Å². The summed E-state index contributed by atoms with van der Waals surface area (Å²) in [6.45, 7) is 8.76. The van der Waals surface area contributed by atoms with E-state index in [4.69, 9.17) is 4.74 Å². The molecule has 0 atom stereocenters. The van der Waals surface area contributed by atoms with E-state index in [1.807, 2.05) is 32.9 Å². The van der Waals surface area contributed by atoms with Crippen LogP contribution >= 0.6 is 0 Å². The maximum Gasteiger partial charge on any atom is 0.325 e. The van der Waals surface area contributed by atoms with Gasteiger partial charge in [0.2, 0.25) is 0 Å². The second-order valence-electron chi connectivity index (χ2n) is 7.60. The van der Waals surface area contributed by atoms with Crippen LogP contribution in [0.1, 0.15) is 43.4 Å². The van der Waals surface area contributed by atoms with Crippen LogP contribution in [0.15, 0.2) is 12.1 Å². The molecule has 152 valence electrons. The lowest BCUT2D eigenvalue weighted by Crippen LogP contribution is -2.40. The third-order valence-corrected chi connectivity index (χ3v) is 4.51. The number of nitrogens with zero attached hydrogens (tertiary/aromatic N) is 1. The Hall–Kier alpha value is -2.90. The van der Waals surface area contributed by atoms with Crippen LogP contribution in [0.4, 0.5) is 10.5 Å². The zero-order chi connectivity index (χ0) is 21.1. The van der Waals surface area contributed by atoms with Crippen molar-refractivity contribution in [1.82, 2.24) is 10.2 Å². The first kappa shape index (κ1) is 21.4. The summed E-state index contributed by atoms with van der Waals surface area (Å²) in [6, 6.07) is 3.46. The number of ether oxygens (including phenoxy) is 1. The number of rotatable bonds is 7. The predicted octanol–water partition coefficient (Wildman–Crippen LogP) is 2.20. The Morgan fingerprint density at radius 3 is 2.29 bits per heavy atom. The van der Waals surface area contributed by atoms with Crippen molar-refractivity contribution in [2.75, 3.05) is 18.5 Å². The van der Waals surface area contributed by atoms with Gasteiger partial charge in [-0.3, -0.25) is 19.3 Å². The number of carbonyl (C=O) groups is 4. The normalized spacial score (nSPS) is 15.4. The molecule has 1 saturated heterocycles. The molecule has 1 aromatic carbocycles. The Labute approximate surface area is 164 Å². The lowest BCUT2D eigenvalue weighted by molar-refractivity contribution is -0.147. The first-order valence-corrected chi connectivity index (χ1v) is 9.18. The Morgan fingerprint density at radius 1 is 1.14 bits per heavy atom. The summed E-state index contributed by atoms with van der Waals surface area (Å²) < 4.78 is 4.98. The fourth-order valence-corrected chi connectivity index (χ4v) is 3.17. The van der Waals surface area contributed by atoms with Gasteiger partial charge in [0.1, 0.15) is 5.54 Å². The molecule has 0 saturated carbocycles. The van der Waals surface area contributed by atoms with E-state index < -0.39 is 23.4 Å². The van der Waals surface area contributed by atoms with Gasteiger partial charge < -0.3 is 15.4 Å². The standard InChI is InChI=1S/C20H27N3O5/c1-12-9-13(2)17(14(3)10-12)21-15(24)11-28-16(25)7-6-8-23-18(26)20(4,5)22-19(23)27/h9-10H,6-8,11H2,1-5H3,(H,21,24)(H,22,27). The number of aryl methyl sites for hydroxylation is 3. The fraction of sp³-hybridized carbons (Fsp3) is 0.500. The number of urea groups is 1. The minimum Gasteiger partial charge on any atom is -0.456 e. The molecule has 1 aliphatic rings. The van der Waals surface area contributed by atoms with Crippen LogP contribution in [0.25, 0.3) is 0 Å². The molecule has 8 heteroatoms. The summed E-state index contributed by atoms with van der Waals surface area (Å²) in [4.78, 5) is 48.8. The first-order valence-electron chi connectivity index (χ1n) is 9.18. The van der Waals surface area contributed by atoms with Gasteiger partial charge in [-0.25, -0.2) is 4.79 Å². The van der Waals surface area contributed by atoms with E-state index in [0.29, 0.717) is 5.69 Å². The van der Waals surface area contributed by atoms with Crippen LogP contribution in [0.3, 0.4) is 0 Å². The number of esters is 1. The highest BCUT2D eigenvalue weighted by Crippen LogP contribution is 2.22. The highest BCUT2D eigenvalue weighted by molar-refractivity contribution is 6.06. The molecule has 0 aliphatic carbocycles. The molecule has 1 aromatic rings. The van der Waals surface area contributed by atoms with Crippen molar-refractivity contribution in [2.45, 2.75) is 53.0 Å². The lowest BCUT2D eigenvalue weighted by atomic mass is 10.1. The lowest BCUT2D eigenvalue weighted by Gasteiger charge is -2.15. The summed E-state index contributed by atoms with van der Waals surface area (Å²) in [5.41, 5.74) is 2.77. The number of nitrogens with one attached hydrogen (secondary N) is 2. The van der Waals surface area contributed by atoms with Gasteiger partial charge in [0, 0.05) is 18.7 Å². The number of imide groups is 1. The molecule has 2 N–H and O–H groups in total. The van der Waals surface area contributed by atoms with Crippen LogP contribution in [0, 0.1) is 20.8 Å². The van der Waals surface area contributed by atoms with Gasteiger partial charge >= 0.3 is 12.0 Å². The molecule has 0 unspecified atom stereocenters. The van der Waals surface area contributed by atoms with Crippen molar-refractivity contribution in [1.29, 1.82) is 0 Å². The van der Waals surface area contributed by atoms with Crippen LogP contribution < -0.4 is 10.6 Å². The average molecular weight is 389 g/mol. The zero-order valence-electron chi connectivity index (χ0n) is 17.0. The van der Waals surface area contributed by atoms with Crippen molar-refractivity contribution in [3.8, 4) is 0 Å². The van der Waals surface area contributed by atoms with Crippen LogP contribution in [-0.4, -0.2) is 47.4 Å². The largest absolute Gasteiger partial charge is 0.456 e. The van der Waals surface area contributed by atoms with Gasteiger partial charge in [-0.15, -0.1) is 0 Å². The van der Waals surface area contributed by atoms with E-state index in [-0.39, 0.29) is 31.9 Å². The van der Waals surface area contributed by atoms with Crippen molar-refractivity contribution in [3.63, 3.8) is 0 Å². The SMILES string of the molecule is Cc1cc(C)c(NC(=O)COC(=O)CCCN2C(=O)NC(C)(C)C2=O)c(C)c1. The molecule has 28 heavy (non-hydrogen) atoms. The van der Waals surface area contributed by atoms with Crippen molar-refractivity contribution < 1.29 is 23.9 Å². The van der Waals surface area contributed by atoms with Gasteiger partial charge in [-0.1, -0.05) is 17.7 Å². The van der Waals surface area contributed by atoms with E-state index in [1.165, 1.54) is 0 Å². The smallest absolute Gasteiger partial charge is 0.325 e. The first-order chi connectivity index (χ1) is 13.0. The summed E-state index contributed by atoms with van der Waals surface area (Å²) in [6.07, 6.45) is 0.277. The average Bonchev–Trinajstić information content (AvgIpc) is 2.77. The summed E-state index contributed by atoms with van der Waals surface area (Å²) >= 11 is 0. The highest BCUT2D eigenvalue weighted by Gasteiger charge is 2.43. The molecule has 1 aliphatic heterocycles. The minimum absolute atomic E-state index is 0.00730. The second-order valence-corrected chi connectivity index (χ2v) is 7.60. The molecule has 2 rings (SSSR count). The third-order valence-electron chi connectivity index (χ3n) is 4.51. The number of anilines is 1. The number of benzene rings is 1.